The van der Waals surface area contributed by atoms with Gasteiger partial charge in [0.15, 0.2) is 11.6 Å². The molecule has 0 saturated carbocycles. The summed E-state index contributed by atoms with van der Waals surface area (Å²) in [7, 11) is 0. The zero-order valence-corrected chi connectivity index (χ0v) is 21.0. The Bertz CT molecular complexity index is 1910. The van der Waals surface area contributed by atoms with Crippen LogP contribution in [-0.4, -0.2) is 19.5 Å². The summed E-state index contributed by atoms with van der Waals surface area (Å²) in [5.74, 6) is 1.11. The fourth-order valence-electron chi connectivity index (χ4n) is 5.01. The molecule has 0 radical (unpaired) electrons. The summed E-state index contributed by atoms with van der Waals surface area (Å²) < 4.78 is 2.33. The molecule has 0 saturated heterocycles. The zero-order valence-electron chi connectivity index (χ0n) is 20.3. The van der Waals surface area contributed by atoms with Gasteiger partial charge in [-0.15, -0.1) is 0 Å². The highest BCUT2D eigenvalue weighted by atomic mass is 35.5. The van der Waals surface area contributed by atoms with Crippen molar-refractivity contribution in [3.8, 4) is 39.6 Å². The lowest BCUT2D eigenvalue weighted by Gasteiger charge is -2.08. The molecule has 0 fully saturated rings. The van der Waals surface area contributed by atoms with Crippen molar-refractivity contribution in [1.29, 1.82) is 0 Å². The van der Waals surface area contributed by atoms with E-state index in [1.54, 1.807) is 0 Å². The third-order valence-corrected chi connectivity index (χ3v) is 6.97. The van der Waals surface area contributed by atoms with E-state index >= 15 is 0 Å². The van der Waals surface area contributed by atoms with Gasteiger partial charge in [-0.3, -0.25) is 0 Å². The zero-order chi connectivity index (χ0) is 25.5. The number of nitrogens with zero attached hydrogens (tertiary/aromatic N) is 4. The number of hydrogen-bond donors (Lipinski definition) is 0. The molecule has 2 aromatic heterocycles. The number of aromatic nitrogens is 4. The van der Waals surface area contributed by atoms with Crippen LogP contribution >= 0.6 is 11.6 Å². The van der Waals surface area contributed by atoms with Crippen molar-refractivity contribution in [3.63, 3.8) is 0 Å². The standard InChI is InChI=1S/C33H21ClN4/c34-33-36-31(23-9-3-1-4-10-23)35-32(37-33)24-17-15-22(16-18-24)25-19-20-30-28(21-25)27-13-7-8-14-29(27)38(30)26-11-5-2-6-12-26/h1-21H. The van der Waals surface area contributed by atoms with Gasteiger partial charge in [-0.2, -0.15) is 9.97 Å². The molecule has 4 nitrogen and oxygen atoms in total. The predicted octanol–water partition coefficient (Wildman–Crippen LogP) is 8.62. The van der Waals surface area contributed by atoms with Crippen molar-refractivity contribution in [2.45, 2.75) is 0 Å². The highest BCUT2D eigenvalue weighted by Crippen LogP contribution is 2.35. The Kier molecular flexibility index (Phi) is 5.46. The highest BCUT2D eigenvalue weighted by molar-refractivity contribution is 6.28. The van der Waals surface area contributed by atoms with Crippen LogP contribution in [-0.2, 0) is 0 Å². The van der Waals surface area contributed by atoms with Gasteiger partial charge >= 0.3 is 0 Å². The molecular weight excluding hydrogens is 488 g/mol. The minimum absolute atomic E-state index is 0.179. The van der Waals surface area contributed by atoms with Crippen molar-refractivity contribution in [2.24, 2.45) is 0 Å². The summed E-state index contributed by atoms with van der Waals surface area (Å²) in [6.07, 6.45) is 0. The van der Waals surface area contributed by atoms with Crippen LogP contribution in [0.3, 0.4) is 0 Å². The lowest BCUT2D eigenvalue weighted by Crippen LogP contribution is -1.97. The molecule has 0 amide bonds. The Morgan fingerprint density at radius 1 is 0.447 bits per heavy atom. The van der Waals surface area contributed by atoms with Crippen LogP contribution in [0.2, 0.25) is 5.28 Å². The molecule has 0 N–H and O–H groups in total. The molecule has 2 heterocycles. The molecule has 180 valence electrons. The van der Waals surface area contributed by atoms with Crippen molar-refractivity contribution >= 4 is 33.4 Å². The first kappa shape index (κ1) is 22.4. The van der Waals surface area contributed by atoms with Crippen LogP contribution in [0.1, 0.15) is 0 Å². The lowest BCUT2D eigenvalue weighted by atomic mass is 10.0. The molecule has 0 bridgehead atoms. The van der Waals surface area contributed by atoms with Gasteiger partial charge in [0.1, 0.15) is 0 Å². The average Bonchev–Trinajstić information content (AvgIpc) is 3.31. The summed E-state index contributed by atoms with van der Waals surface area (Å²) in [5, 5.41) is 2.64. The Morgan fingerprint density at radius 2 is 1.00 bits per heavy atom. The summed E-state index contributed by atoms with van der Waals surface area (Å²) in [5.41, 5.74) is 7.60. The van der Waals surface area contributed by atoms with Crippen LogP contribution in [0.4, 0.5) is 0 Å². The summed E-state index contributed by atoms with van der Waals surface area (Å²) >= 11 is 6.26. The molecule has 0 aliphatic rings. The maximum absolute atomic E-state index is 6.26. The summed E-state index contributed by atoms with van der Waals surface area (Å²) in [6.45, 7) is 0. The van der Waals surface area contributed by atoms with E-state index in [9.17, 15) is 0 Å². The second-order valence-electron chi connectivity index (χ2n) is 9.12. The number of hydrogen-bond acceptors (Lipinski definition) is 3. The molecule has 38 heavy (non-hydrogen) atoms. The molecule has 0 atom stereocenters. The first-order valence-corrected chi connectivity index (χ1v) is 12.8. The summed E-state index contributed by atoms with van der Waals surface area (Å²) in [6, 6.07) is 43.8. The van der Waals surface area contributed by atoms with Gasteiger partial charge in [-0.05, 0) is 53.1 Å². The molecule has 0 spiro atoms. The molecule has 0 unspecified atom stereocenters. The van der Waals surface area contributed by atoms with Gasteiger partial charge in [0.05, 0.1) is 11.0 Å². The van der Waals surface area contributed by atoms with Crippen LogP contribution in [0, 0.1) is 0 Å². The Labute approximate surface area is 224 Å². The number of benzene rings is 5. The fourth-order valence-corrected chi connectivity index (χ4v) is 5.18. The van der Waals surface area contributed by atoms with Crippen molar-refractivity contribution < 1.29 is 0 Å². The Morgan fingerprint density at radius 3 is 1.74 bits per heavy atom. The van der Waals surface area contributed by atoms with Crippen molar-refractivity contribution in [1.82, 2.24) is 19.5 Å². The molecule has 0 aliphatic heterocycles. The van der Waals surface area contributed by atoms with E-state index in [2.05, 4.69) is 98.4 Å². The maximum Gasteiger partial charge on any atom is 0.226 e. The molecule has 7 rings (SSSR count). The number of para-hydroxylation sites is 2. The number of rotatable bonds is 4. The Hall–Kier alpha value is -4.80. The van der Waals surface area contributed by atoms with E-state index in [0.29, 0.717) is 11.6 Å². The van der Waals surface area contributed by atoms with E-state index in [0.717, 1.165) is 27.9 Å². The van der Waals surface area contributed by atoms with E-state index < -0.39 is 0 Å². The molecule has 5 aromatic carbocycles. The first-order valence-electron chi connectivity index (χ1n) is 12.4. The van der Waals surface area contributed by atoms with Crippen LogP contribution in [0.15, 0.2) is 127 Å². The van der Waals surface area contributed by atoms with Crippen LogP contribution in [0.25, 0.3) is 61.4 Å². The normalized spacial score (nSPS) is 11.3. The SMILES string of the molecule is Clc1nc(-c2ccccc2)nc(-c2ccc(-c3ccc4c(c3)c3ccccc3n4-c3ccccc3)cc2)n1. The van der Waals surface area contributed by atoms with Crippen molar-refractivity contribution in [3.05, 3.63) is 133 Å². The number of halogens is 1. The van der Waals surface area contributed by atoms with E-state index in [1.807, 2.05) is 48.5 Å². The highest BCUT2D eigenvalue weighted by Gasteiger charge is 2.14. The maximum atomic E-state index is 6.26. The van der Waals surface area contributed by atoms with Gasteiger partial charge in [-0.25, -0.2) is 4.98 Å². The fraction of sp³-hybridized carbons (Fsp3) is 0. The molecular formula is C33H21ClN4. The largest absolute Gasteiger partial charge is 0.309 e. The average molecular weight is 509 g/mol. The second kappa shape index (κ2) is 9.25. The first-order chi connectivity index (χ1) is 18.7. The van der Waals surface area contributed by atoms with Gasteiger partial charge in [0, 0.05) is 27.6 Å². The topological polar surface area (TPSA) is 43.6 Å². The minimum atomic E-state index is 0.179. The summed E-state index contributed by atoms with van der Waals surface area (Å²) in [4.78, 5) is 13.4. The van der Waals surface area contributed by atoms with Crippen LogP contribution < -0.4 is 0 Å². The Balaban J connectivity index is 1.29. The van der Waals surface area contributed by atoms with Crippen LogP contribution in [0.5, 0.6) is 0 Å². The third-order valence-electron chi connectivity index (χ3n) is 6.80. The van der Waals surface area contributed by atoms with Crippen molar-refractivity contribution in [2.75, 3.05) is 0 Å². The van der Waals surface area contributed by atoms with E-state index in [4.69, 9.17) is 11.6 Å². The molecule has 7 aromatic rings. The predicted molar refractivity (Wildman–Crippen MR) is 155 cm³/mol. The lowest BCUT2D eigenvalue weighted by molar-refractivity contribution is 1.07. The van der Waals surface area contributed by atoms with Gasteiger partial charge < -0.3 is 4.57 Å². The second-order valence-corrected chi connectivity index (χ2v) is 9.45. The van der Waals surface area contributed by atoms with Gasteiger partial charge in [-0.1, -0.05) is 97.1 Å². The molecule has 5 heteroatoms. The molecule has 0 aliphatic carbocycles. The quantitative estimate of drug-likeness (QED) is 0.239. The van der Waals surface area contributed by atoms with E-state index in [-0.39, 0.29) is 5.28 Å². The monoisotopic (exact) mass is 508 g/mol. The number of fused-ring (bicyclic) bond motifs is 3. The third kappa shape index (κ3) is 3.92. The minimum Gasteiger partial charge on any atom is -0.309 e. The van der Waals surface area contributed by atoms with Gasteiger partial charge in [0.25, 0.3) is 0 Å². The van der Waals surface area contributed by atoms with Gasteiger partial charge in [0.2, 0.25) is 5.28 Å². The van der Waals surface area contributed by atoms with E-state index in [1.165, 1.54) is 21.8 Å². The smallest absolute Gasteiger partial charge is 0.226 e.